The predicted molar refractivity (Wildman–Crippen MR) is 81.3 cm³/mol. The summed E-state index contributed by atoms with van der Waals surface area (Å²) in [5, 5.41) is 6.41. The van der Waals surface area contributed by atoms with Gasteiger partial charge in [0.2, 0.25) is 0 Å². The van der Waals surface area contributed by atoms with Gasteiger partial charge in [0.25, 0.3) is 5.91 Å². The summed E-state index contributed by atoms with van der Waals surface area (Å²) in [5.74, 6) is 0.234. The first-order valence-corrected chi connectivity index (χ1v) is 7.27. The van der Waals surface area contributed by atoms with Crippen molar-refractivity contribution in [3.05, 3.63) is 40.6 Å². The second-order valence-corrected chi connectivity index (χ2v) is 5.71. The number of nitrogens with zero attached hydrogens (tertiary/aromatic N) is 3. The van der Waals surface area contributed by atoms with Gasteiger partial charge in [0.05, 0.1) is 5.01 Å². The molecule has 0 aromatic carbocycles. The predicted octanol–water partition coefficient (Wildman–Crippen LogP) is 2.46. The van der Waals surface area contributed by atoms with Crippen LogP contribution in [0, 0.1) is 0 Å². The maximum absolute atomic E-state index is 11.8. The first-order chi connectivity index (χ1) is 9.58. The number of pyridine rings is 1. The molecule has 0 radical (unpaired) electrons. The van der Waals surface area contributed by atoms with E-state index in [2.05, 4.69) is 22.2 Å². The topological polar surface area (TPSA) is 58.1 Å². The molecule has 0 saturated heterocycles. The van der Waals surface area contributed by atoms with Crippen LogP contribution in [0.25, 0.3) is 0 Å². The van der Waals surface area contributed by atoms with E-state index >= 15 is 0 Å². The van der Waals surface area contributed by atoms with E-state index in [1.807, 2.05) is 17.6 Å². The van der Waals surface area contributed by atoms with Crippen LogP contribution < -0.4 is 5.32 Å². The zero-order chi connectivity index (χ0) is 14.5. The van der Waals surface area contributed by atoms with Crippen molar-refractivity contribution in [3.8, 4) is 0 Å². The van der Waals surface area contributed by atoms with Gasteiger partial charge in [-0.25, -0.2) is 4.98 Å². The third-order valence-electron chi connectivity index (χ3n) is 2.87. The molecule has 0 bridgehead atoms. The van der Waals surface area contributed by atoms with E-state index in [-0.39, 0.29) is 5.91 Å². The molecule has 0 spiro atoms. The van der Waals surface area contributed by atoms with Gasteiger partial charge >= 0.3 is 0 Å². The van der Waals surface area contributed by atoms with Crippen LogP contribution in [-0.2, 0) is 0 Å². The van der Waals surface area contributed by atoms with Crippen LogP contribution in [0.5, 0.6) is 0 Å². The lowest BCUT2D eigenvalue weighted by molar-refractivity contribution is 0.0822. The average molecular weight is 290 g/mol. The summed E-state index contributed by atoms with van der Waals surface area (Å²) in [4.78, 5) is 21.8. The summed E-state index contributed by atoms with van der Waals surface area (Å²) in [6, 6.07) is 3.64. The van der Waals surface area contributed by atoms with Crippen LogP contribution >= 0.6 is 11.3 Å². The molecule has 1 atom stereocenters. The summed E-state index contributed by atoms with van der Waals surface area (Å²) >= 11 is 1.65. The highest BCUT2D eigenvalue weighted by Gasteiger charge is 2.11. The third kappa shape index (κ3) is 3.54. The van der Waals surface area contributed by atoms with Crippen LogP contribution in [0.4, 0.5) is 5.69 Å². The molecule has 2 aromatic heterocycles. The van der Waals surface area contributed by atoms with Crippen molar-refractivity contribution in [1.29, 1.82) is 0 Å². The minimum absolute atomic E-state index is 0.0957. The molecule has 106 valence electrons. The number of carbonyl (C=O) groups excluding carboxylic acids is 1. The Hall–Kier alpha value is -1.95. The second kappa shape index (κ2) is 6.47. The normalized spacial score (nSPS) is 11.9. The molecule has 1 unspecified atom stereocenters. The molecule has 2 rings (SSSR count). The Morgan fingerprint density at radius 3 is 2.85 bits per heavy atom. The van der Waals surface area contributed by atoms with E-state index in [0.29, 0.717) is 11.6 Å². The molecule has 0 aliphatic carbocycles. The minimum atomic E-state index is -0.0957. The highest BCUT2D eigenvalue weighted by Crippen LogP contribution is 2.18. The van der Waals surface area contributed by atoms with Crippen molar-refractivity contribution in [3.63, 3.8) is 0 Å². The molecule has 2 aromatic rings. The van der Waals surface area contributed by atoms with E-state index in [1.54, 1.807) is 37.7 Å². The van der Waals surface area contributed by atoms with Gasteiger partial charge in [-0.3, -0.25) is 9.78 Å². The number of anilines is 1. The smallest absolute Gasteiger partial charge is 0.272 e. The second-order valence-electron chi connectivity index (χ2n) is 4.78. The summed E-state index contributed by atoms with van der Waals surface area (Å²) in [5.41, 5.74) is 1.34. The first kappa shape index (κ1) is 14.5. The van der Waals surface area contributed by atoms with E-state index in [1.165, 1.54) is 4.90 Å². The number of thiazole rings is 1. The Morgan fingerprint density at radius 1 is 1.40 bits per heavy atom. The summed E-state index contributed by atoms with van der Waals surface area (Å²) in [7, 11) is 3.43. The molecule has 1 amide bonds. The Kier molecular flexibility index (Phi) is 4.68. The van der Waals surface area contributed by atoms with Gasteiger partial charge in [0, 0.05) is 50.0 Å². The number of rotatable bonds is 5. The first-order valence-electron chi connectivity index (χ1n) is 6.39. The molecular weight excluding hydrogens is 272 g/mol. The molecule has 1 N–H and O–H groups in total. The van der Waals surface area contributed by atoms with E-state index < -0.39 is 0 Å². The number of nitrogens with one attached hydrogen (secondary N) is 1. The maximum Gasteiger partial charge on any atom is 0.272 e. The molecule has 0 aliphatic heterocycles. The Morgan fingerprint density at radius 2 is 2.20 bits per heavy atom. The van der Waals surface area contributed by atoms with Crippen molar-refractivity contribution >= 4 is 22.9 Å². The number of hydrogen-bond donors (Lipinski definition) is 1. The van der Waals surface area contributed by atoms with E-state index in [9.17, 15) is 4.79 Å². The summed E-state index contributed by atoms with van der Waals surface area (Å²) in [6.07, 6.45) is 3.46. The molecule has 0 saturated carbocycles. The lowest BCUT2D eigenvalue weighted by atomic mass is 10.2. The fraction of sp³-hybridized carbons (Fsp3) is 0.357. The number of hydrogen-bond acceptors (Lipinski definition) is 5. The van der Waals surface area contributed by atoms with Crippen molar-refractivity contribution in [1.82, 2.24) is 14.9 Å². The molecule has 5 nitrogen and oxygen atoms in total. The average Bonchev–Trinajstić information content (AvgIpc) is 2.98. The SMILES string of the molecule is CC(CNc1ccnc(C(=O)N(C)C)c1)c1nccs1. The zero-order valence-corrected chi connectivity index (χ0v) is 12.6. The summed E-state index contributed by atoms with van der Waals surface area (Å²) < 4.78 is 0. The molecular formula is C14H18N4OS. The molecule has 6 heteroatoms. The number of aromatic nitrogens is 2. The molecule has 20 heavy (non-hydrogen) atoms. The van der Waals surface area contributed by atoms with Crippen LogP contribution in [0.3, 0.4) is 0 Å². The fourth-order valence-electron chi connectivity index (χ4n) is 1.72. The van der Waals surface area contributed by atoms with Gasteiger partial charge in [0.1, 0.15) is 5.69 Å². The largest absolute Gasteiger partial charge is 0.384 e. The molecule has 2 heterocycles. The monoisotopic (exact) mass is 290 g/mol. The van der Waals surface area contributed by atoms with Gasteiger partial charge in [-0.05, 0) is 12.1 Å². The van der Waals surface area contributed by atoms with Gasteiger partial charge in [-0.15, -0.1) is 11.3 Å². The third-order valence-corrected chi connectivity index (χ3v) is 3.88. The number of carbonyl (C=O) groups is 1. The van der Waals surface area contributed by atoms with Gasteiger partial charge in [0.15, 0.2) is 0 Å². The Bertz CT molecular complexity index is 568. The standard InChI is InChI=1S/C14H18N4OS/c1-10(13-16-6-7-20-13)9-17-11-4-5-15-12(8-11)14(19)18(2)3/h4-8,10H,9H2,1-3H3,(H,15,17). The van der Waals surface area contributed by atoms with Crippen LogP contribution in [-0.4, -0.2) is 41.4 Å². The van der Waals surface area contributed by atoms with Crippen molar-refractivity contribution in [2.75, 3.05) is 26.0 Å². The van der Waals surface area contributed by atoms with Crippen LogP contribution in [0.2, 0.25) is 0 Å². The lowest BCUT2D eigenvalue weighted by Crippen LogP contribution is -2.22. The highest BCUT2D eigenvalue weighted by molar-refractivity contribution is 7.09. The molecule has 0 fully saturated rings. The van der Waals surface area contributed by atoms with Gasteiger partial charge < -0.3 is 10.2 Å². The molecule has 0 aliphatic rings. The van der Waals surface area contributed by atoms with Crippen LogP contribution in [0.1, 0.15) is 28.3 Å². The van der Waals surface area contributed by atoms with E-state index in [0.717, 1.165) is 17.2 Å². The van der Waals surface area contributed by atoms with Gasteiger partial charge in [-0.1, -0.05) is 6.92 Å². The quantitative estimate of drug-likeness (QED) is 0.919. The van der Waals surface area contributed by atoms with Gasteiger partial charge in [-0.2, -0.15) is 0 Å². The van der Waals surface area contributed by atoms with Crippen LogP contribution in [0.15, 0.2) is 29.9 Å². The summed E-state index contributed by atoms with van der Waals surface area (Å²) in [6.45, 7) is 2.89. The van der Waals surface area contributed by atoms with Crippen molar-refractivity contribution in [2.45, 2.75) is 12.8 Å². The lowest BCUT2D eigenvalue weighted by Gasteiger charge is -2.13. The maximum atomic E-state index is 11.8. The Balaban J connectivity index is 2.00. The number of amides is 1. The van der Waals surface area contributed by atoms with Crippen molar-refractivity contribution in [2.24, 2.45) is 0 Å². The highest BCUT2D eigenvalue weighted by atomic mass is 32.1. The Labute approximate surface area is 122 Å². The van der Waals surface area contributed by atoms with Crippen molar-refractivity contribution < 1.29 is 4.79 Å². The minimum Gasteiger partial charge on any atom is -0.384 e. The van der Waals surface area contributed by atoms with E-state index in [4.69, 9.17) is 0 Å². The fourth-order valence-corrected chi connectivity index (χ4v) is 2.42. The zero-order valence-electron chi connectivity index (χ0n) is 11.8.